The molecule has 0 aromatic heterocycles. The first-order valence-corrected chi connectivity index (χ1v) is 7.62. The molecule has 4 rings (SSSR count). The van der Waals surface area contributed by atoms with Crippen LogP contribution in [-0.2, 0) is 0 Å². The largest absolute Gasteiger partial charge is 0.493 e. The molecule has 0 saturated carbocycles. The Morgan fingerprint density at radius 1 is 1.05 bits per heavy atom. The molecule has 120 valence electrons. The molecule has 2 bridgehead atoms. The third-order valence-corrected chi connectivity index (χ3v) is 4.66. The van der Waals surface area contributed by atoms with Gasteiger partial charge in [-0.15, -0.1) is 0 Å². The molecule has 1 aromatic carbocycles. The Labute approximate surface area is 131 Å². The second-order valence-electron chi connectivity index (χ2n) is 5.80. The summed E-state index contributed by atoms with van der Waals surface area (Å²) in [5.41, 5.74) is 1.94. The fourth-order valence-corrected chi connectivity index (χ4v) is 3.43. The topological polar surface area (TPSA) is 51.2 Å². The van der Waals surface area contributed by atoms with E-state index in [1.54, 1.807) is 21.3 Å². The third-order valence-electron chi connectivity index (χ3n) is 4.66. The molecule has 0 radical (unpaired) electrons. The third kappa shape index (κ3) is 2.50. The van der Waals surface area contributed by atoms with Gasteiger partial charge in [-0.1, -0.05) is 0 Å². The molecule has 0 aliphatic carbocycles. The maximum Gasteiger partial charge on any atom is 0.203 e. The van der Waals surface area contributed by atoms with Crippen molar-refractivity contribution in [1.82, 2.24) is 4.90 Å². The molecule has 3 aliphatic rings. The van der Waals surface area contributed by atoms with Gasteiger partial charge in [0.15, 0.2) is 11.5 Å². The molecule has 0 spiro atoms. The summed E-state index contributed by atoms with van der Waals surface area (Å²) in [6.07, 6.45) is 3.81. The van der Waals surface area contributed by atoms with Gasteiger partial charge in [0.05, 0.1) is 27.4 Å². The Bertz CT molecular complexity index is 547. The highest BCUT2D eigenvalue weighted by Gasteiger charge is 2.36. The number of hydrogen-bond acceptors (Lipinski definition) is 5. The van der Waals surface area contributed by atoms with Gasteiger partial charge in [0.2, 0.25) is 5.75 Å². The predicted octanol–water partition coefficient (Wildman–Crippen LogP) is 2.14. The van der Waals surface area contributed by atoms with Crippen LogP contribution in [-0.4, -0.2) is 50.5 Å². The van der Waals surface area contributed by atoms with Crippen LogP contribution >= 0.6 is 0 Å². The molecule has 3 saturated heterocycles. The number of ether oxygens (including phenoxy) is 3. The molecular weight excluding hydrogens is 282 g/mol. The first-order valence-electron chi connectivity index (χ1n) is 7.62. The van der Waals surface area contributed by atoms with Gasteiger partial charge < -0.3 is 24.2 Å². The first-order chi connectivity index (χ1) is 10.7. The lowest BCUT2D eigenvalue weighted by Gasteiger charge is -2.45. The van der Waals surface area contributed by atoms with E-state index in [2.05, 4.69) is 4.90 Å². The summed E-state index contributed by atoms with van der Waals surface area (Å²) in [4.78, 5) is 2.27. The molecule has 0 unspecified atom stereocenters. The van der Waals surface area contributed by atoms with Crippen LogP contribution in [0.2, 0.25) is 0 Å². The SMILES string of the molecule is COc1cc(/C=C2/[C@H](O)C3CCN2CC3)cc(OC)c1OC. The molecule has 22 heavy (non-hydrogen) atoms. The van der Waals surface area contributed by atoms with E-state index in [0.29, 0.717) is 23.2 Å². The number of rotatable bonds is 4. The van der Waals surface area contributed by atoms with Crippen LogP contribution < -0.4 is 14.2 Å². The van der Waals surface area contributed by atoms with E-state index >= 15 is 0 Å². The Kier molecular flexibility index (Phi) is 4.16. The molecule has 5 heteroatoms. The lowest BCUT2D eigenvalue weighted by Crippen LogP contribution is -2.48. The zero-order valence-corrected chi connectivity index (χ0v) is 13.3. The van der Waals surface area contributed by atoms with Crippen LogP contribution in [0.4, 0.5) is 0 Å². The zero-order chi connectivity index (χ0) is 15.7. The highest BCUT2D eigenvalue weighted by molar-refractivity contribution is 5.64. The number of aliphatic hydroxyl groups is 1. The van der Waals surface area contributed by atoms with Gasteiger partial charge in [0.1, 0.15) is 0 Å². The van der Waals surface area contributed by atoms with Gasteiger partial charge in [-0.25, -0.2) is 0 Å². The second-order valence-corrected chi connectivity index (χ2v) is 5.80. The second kappa shape index (κ2) is 6.08. The van der Waals surface area contributed by atoms with Gasteiger partial charge in [-0.2, -0.15) is 0 Å². The van der Waals surface area contributed by atoms with E-state index in [4.69, 9.17) is 14.2 Å². The summed E-state index contributed by atoms with van der Waals surface area (Å²) in [5, 5.41) is 10.5. The van der Waals surface area contributed by atoms with Crippen LogP contribution in [0.25, 0.3) is 6.08 Å². The maximum absolute atomic E-state index is 10.5. The summed E-state index contributed by atoms with van der Waals surface area (Å²) < 4.78 is 16.1. The van der Waals surface area contributed by atoms with Crippen molar-refractivity contribution in [3.63, 3.8) is 0 Å². The quantitative estimate of drug-likeness (QED) is 0.923. The lowest BCUT2D eigenvalue weighted by molar-refractivity contribution is 0.0215. The number of fused-ring (bicyclic) bond motifs is 3. The number of methoxy groups -OCH3 is 3. The lowest BCUT2D eigenvalue weighted by atomic mass is 9.83. The van der Waals surface area contributed by atoms with E-state index in [1.807, 2.05) is 18.2 Å². The van der Waals surface area contributed by atoms with Gasteiger partial charge in [0.25, 0.3) is 0 Å². The van der Waals surface area contributed by atoms with E-state index in [9.17, 15) is 5.11 Å². The minimum Gasteiger partial charge on any atom is -0.493 e. The van der Waals surface area contributed by atoms with Crippen LogP contribution in [0, 0.1) is 5.92 Å². The van der Waals surface area contributed by atoms with Crippen LogP contribution in [0.3, 0.4) is 0 Å². The standard InChI is InChI=1S/C17H23NO4/c1-20-14-9-11(10-15(21-2)17(14)22-3)8-13-16(19)12-4-6-18(13)7-5-12/h8-10,12,16,19H,4-7H2,1-3H3/b13-8-/t16-/m1/s1. The van der Waals surface area contributed by atoms with Crippen molar-refractivity contribution >= 4 is 6.08 Å². The molecule has 3 aliphatic heterocycles. The van der Waals surface area contributed by atoms with Crippen molar-refractivity contribution in [3.8, 4) is 17.2 Å². The minimum absolute atomic E-state index is 0.374. The average molecular weight is 305 g/mol. The molecule has 0 amide bonds. The van der Waals surface area contributed by atoms with Crippen molar-refractivity contribution in [2.45, 2.75) is 18.9 Å². The Hall–Kier alpha value is -1.88. The van der Waals surface area contributed by atoms with E-state index in [1.165, 1.54) is 0 Å². The number of piperidine rings is 3. The number of benzene rings is 1. The van der Waals surface area contributed by atoms with Gasteiger partial charge >= 0.3 is 0 Å². The number of aliphatic hydroxyl groups excluding tert-OH is 1. The maximum atomic E-state index is 10.5. The Morgan fingerprint density at radius 3 is 2.09 bits per heavy atom. The molecule has 3 heterocycles. The van der Waals surface area contributed by atoms with Crippen LogP contribution in [0.1, 0.15) is 18.4 Å². The minimum atomic E-state index is -0.374. The van der Waals surface area contributed by atoms with Crippen molar-refractivity contribution in [2.75, 3.05) is 34.4 Å². The highest BCUT2D eigenvalue weighted by Crippen LogP contribution is 2.40. The molecule has 1 atom stereocenters. The fourth-order valence-electron chi connectivity index (χ4n) is 3.43. The normalized spacial score (nSPS) is 25.5. The fraction of sp³-hybridized carbons (Fsp3) is 0.529. The Morgan fingerprint density at radius 2 is 1.64 bits per heavy atom. The van der Waals surface area contributed by atoms with Crippen molar-refractivity contribution in [3.05, 3.63) is 23.4 Å². The van der Waals surface area contributed by atoms with Gasteiger partial charge in [-0.3, -0.25) is 0 Å². The predicted molar refractivity (Wildman–Crippen MR) is 84.4 cm³/mol. The number of hydrogen-bond donors (Lipinski definition) is 1. The van der Waals surface area contributed by atoms with Crippen LogP contribution in [0.5, 0.6) is 17.2 Å². The molecular formula is C17H23NO4. The number of nitrogens with zero attached hydrogens (tertiary/aromatic N) is 1. The Balaban J connectivity index is 2.00. The van der Waals surface area contributed by atoms with Crippen molar-refractivity contribution in [1.29, 1.82) is 0 Å². The molecule has 5 nitrogen and oxygen atoms in total. The smallest absolute Gasteiger partial charge is 0.203 e. The summed E-state index contributed by atoms with van der Waals surface area (Å²) in [7, 11) is 4.80. The average Bonchev–Trinajstić information content (AvgIpc) is 2.57. The summed E-state index contributed by atoms with van der Waals surface area (Å²) >= 11 is 0. The van der Waals surface area contributed by atoms with Crippen molar-refractivity contribution in [2.24, 2.45) is 5.92 Å². The summed E-state index contributed by atoms with van der Waals surface area (Å²) in [5.74, 6) is 2.22. The van der Waals surface area contributed by atoms with E-state index in [0.717, 1.165) is 37.2 Å². The van der Waals surface area contributed by atoms with Crippen molar-refractivity contribution < 1.29 is 19.3 Å². The molecule has 1 aromatic rings. The van der Waals surface area contributed by atoms with Gasteiger partial charge in [0, 0.05) is 18.8 Å². The summed E-state index contributed by atoms with van der Waals surface area (Å²) in [6.45, 7) is 2.05. The molecule has 3 fully saturated rings. The first kappa shape index (κ1) is 15.0. The van der Waals surface area contributed by atoms with E-state index in [-0.39, 0.29) is 6.10 Å². The monoisotopic (exact) mass is 305 g/mol. The highest BCUT2D eigenvalue weighted by atomic mass is 16.5. The summed E-state index contributed by atoms with van der Waals surface area (Å²) in [6, 6.07) is 3.81. The van der Waals surface area contributed by atoms with Crippen LogP contribution in [0.15, 0.2) is 17.8 Å². The zero-order valence-electron chi connectivity index (χ0n) is 13.3. The molecule has 1 N–H and O–H groups in total. The van der Waals surface area contributed by atoms with Gasteiger partial charge in [-0.05, 0) is 42.5 Å². The van der Waals surface area contributed by atoms with E-state index < -0.39 is 0 Å².